The Kier molecular flexibility index (Phi) is 3.22. The number of halogens is 1. The monoisotopic (exact) mass is 265 g/mol. The van der Waals surface area contributed by atoms with E-state index in [9.17, 15) is 4.79 Å². The van der Waals surface area contributed by atoms with E-state index in [1.54, 1.807) is 12.1 Å². The Morgan fingerprint density at radius 2 is 2.28 bits per heavy atom. The lowest BCUT2D eigenvalue weighted by Gasteiger charge is -2.21. The smallest absolute Gasteiger partial charge is 0.253 e. The molecule has 1 aromatic heterocycles. The Bertz CT molecular complexity index is 448. The third-order valence-electron chi connectivity index (χ3n) is 3.91. The fraction of sp³-hybridized carbons (Fsp3) is 0.538. The van der Waals surface area contributed by atoms with Crippen LogP contribution in [0.5, 0.6) is 0 Å². The number of hydrogen-bond donors (Lipinski definition) is 1. The maximum atomic E-state index is 12.1. The number of carbonyl (C=O) groups is 1. The minimum Gasteiger partial charge on any atom is -0.348 e. The van der Waals surface area contributed by atoms with Crippen molar-refractivity contribution in [3.63, 3.8) is 0 Å². The second-order valence-corrected chi connectivity index (χ2v) is 5.37. The van der Waals surface area contributed by atoms with Crippen LogP contribution < -0.4 is 5.32 Å². The number of amides is 1. The maximum Gasteiger partial charge on any atom is 0.253 e. The standard InChI is InChI=1S/C13H16ClN3O/c14-12-4-3-9(8-15-12)13(18)16-10-5-7-17-6-1-2-11(10)17/h3-4,8,10-11H,1-2,5-7H2,(H,16,18). The minimum absolute atomic E-state index is 0.0436. The van der Waals surface area contributed by atoms with Crippen molar-refractivity contribution in [2.24, 2.45) is 0 Å². The van der Waals surface area contributed by atoms with Crippen LogP contribution in [0.3, 0.4) is 0 Å². The van der Waals surface area contributed by atoms with Crippen LogP contribution in [-0.2, 0) is 0 Å². The van der Waals surface area contributed by atoms with Crippen molar-refractivity contribution in [1.82, 2.24) is 15.2 Å². The fourth-order valence-electron chi connectivity index (χ4n) is 3.01. The molecule has 1 aromatic rings. The number of nitrogens with one attached hydrogen (secondary N) is 1. The molecule has 0 radical (unpaired) electrons. The predicted molar refractivity (Wildman–Crippen MR) is 69.7 cm³/mol. The molecule has 0 aromatic carbocycles. The summed E-state index contributed by atoms with van der Waals surface area (Å²) in [5.41, 5.74) is 0.579. The molecule has 0 aliphatic carbocycles. The van der Waals surface area contributed by atoms with Gasteiger partial charge >= 0.3 is 0 Å². The molecule has 2 fully saturated rings. The van der Waals surface area contributed by atoms with E-state index < -0.39 is 0 Å². The molecule has 96 valence electrons. The van der Waals surface area contributed by atoms with Crippen molar-refractivity contribution < 1.29 is 4.79 Å². The van der Waals surface area contributed by atoms with Gasteiger partial charge in [-0.2, -0.15) is 0 Å². The Hall–Kier alpha value is -1.13. The molecule has 2 atom stereocenters. The van der Waals surface area contributed by atoms with Gasteiger partial charge < -0.3 is 5.32 Å². The first kappa shape index (κ1) is 11.9. The average Bonchev–Trinajstić information content (AvgIpc) is 2.95. The van der Waals surface area contributed by atoms with E-state index >= 15 is 0 Å². The van der Waals surface area contributed by atoms with Gasteiger partial charge in [0.25, 0.3) is 5.91 Å². The summed E-state index contributed by atoms with van der Waals surface area (Å²) < 4.78 is 0. The molecule has 3 heterocycles. The molecule has 0 saturated carbocycles. The number of hydrogen-bond acceptors (Lipinski definition) is 3. The highest BCUT2D eigenvalue weighted by Gasteiger charge is 2.37. The lowest BCUT2D eigenvalue weighted by atomic mass is 10.1. The third-order valence-corrected chi connectivity index (χ3v) is 4.14. The molecular weight excluding hydrogens is 250 g/mol. The van der Waals surface area contributed by atoms with Gasteiger partial charge in [0.2, 0.25) is 0 Å². The minimum atomic E-state index is -0.0436. The highest BCUT2D eigenvalue weighted by Crippen LogP contribution is 2.28. The van der Waals surface area contributed by atoms with Crippen LogP contribution in [-0.4, -0.2) is 41.0 Å². The predicted octanol–water partition coefficient (Wildman–Crippen LogP) is 1.70. The zero-order valence-electron chi connectivity index (χ0n) is 10.1. The quantitative estimate of drug-likeness (QED) is 0.828. The number of fused-ring (bicyclic) bond motifs is 1. The van der Waals surface area contributed by atoms with E-state index in [0.717, 1.165) is 13.0 Å². The highest BCUT2D eigenvalue weighted by atomic mass is 35.5. The van der Waals surface area contributed by atoms with E-state index in [0.29, 0.717) is 16.8 Å². The van der Waals surface area contributed by atoms with Crippen molar-refractivity contribution in [2.45, 2.75) is 31.3 Å². The van der Waals surface area contributed by atoms with Crippen LogP contribution in [0.4, 0.5) is 0 Å². The van der Waals surface area contributed by atoms with Gasteiger partial charge in [-0.25, -0.2) is 4.98 Å². The van der Waals surface area contributed by atoms with Crippen LogP contribution in [0.15, 0.2) is 18.3 Å². The molecule has 5 heteroatoms. The van der Waals surface area contributed by atoms with Crippen LogP contribution in [0.25, 0.3) is 0 Å². The molecule has 2 aliphatic heterocycles. The van der Waals surface area contributed by atoms with Crippen molar-refractivity contribution in [3.8, 4) is 0 Å². The first-order chi connectivity index (χ1) is 8.74. The van der Waals surface area contributed by atoms with Gasteiger partial charge in [0.15, 0.2) is 0 Å². The topological polar surface area (TPSA) is 45.2 Å². The van der Waals surface area contributed by atoms with Gasteiger partial charge in [-0.1, -0.05) is 11.6 Å². The van der Waals surface area contributed by atoms with Crippen molar-refractivity contribution in [1.29, 1.82) is 0 Å². The lowest BCUT2D eigenvalue weighted by molar-refractivity contribution is 0.0929. The molecule has 1 amide bonds. The van der Waals surface area contributed by atoms with E-state index in [1.165, 1.54) is 25.6 Å². The van der Waals surface area contributed by atoms with E-state index in [-0.39, 0.29) is 11.9 Å². The number of aromatic nitrogens is 1. The summed E-state index contributed by atoms with van der Waals surface area (Å²) in [6, 6.07) is 4.18. The molecular formula is C13H16ClN3O. The van der Waals surface area contributed by atoms with Gasteiger partial charge in [0.1, 0.15) is 5.15 Å². The molecule has 4 nitrogen and oxygen atoms in total. The van der Waals surface area contributed by atoms with Gasteiger partial charge in [-0.15, -0.1) is 0 Å². The fourth-order valence-corrected chi connectivity index (χ4v) is 3.12. The Morgan fingerprint density at radius 3 is 3.06 bits per heavy atom. The van der Waals surface area contributed by atoms with Gasteiger partial charge in [0.05, 0.1) is 5.56 Å². The molecule has 1 N–H and O–H groups in total. The van der Waals surface area contributed by atoms with Crippen LogP contribution in [0.2, 0.25) is 5.15 Å². The number of carbonyl (C=O) groups excluding carboxylic acids is 1. The van der Waals surface area contributed by atoms with Gasteiger partial charge in [-0.05, 0) is 37.9 Å². The first-order valence-corrected chi connectivity index (χ1v) is 6.78. The maximum absolute atomic E-state index is 12.1. The molecule has 0 bridgehead atoms. The summed E-state index contributed by atoms with van der Waals surface area (Å²) in [6.07, 6.45) is 5.03. The second-order valence-electron chi connectivity index (χ2n) is 4.98. The van der Waals surface area contributed by atoms with Gasteiger partial charge in [-0.3, -0.25) is 9.69 Å². The first-order valence-electron chi connectivity index (χ1n) is 6.40. The van der Waals surface area contributed by atoms with E-state index in [1.807, 2.05) is 0 Å². The van der Waals surface area contributed by atoms with Crippen LogP contribution >= 0.6 is 11.6 Å². The number of nitrogens with zero attached hydrogens (tertiary/aromatic N) is 2. The molecule has 2 unspecified atom stereocenters. The molecule has 2 saturated heterocycles. The third kappa shape index (κ3) is 2.22. The van der Waals surface area contributed by atoms with Gasteiger partial charge in [0, 0.05) is 24.8 Å². The molecule has 18 heavy (non-hydrogen) atoms. The average molecular weight is 266 g/mol. The number of pyridine rings is 1. The van der Waals surface area contributed by atoms with Crippen molar-refractivity contribution in [3.05, 3.63) is 29.0 Å². The molecule has 3 rings (SSSR count). The van der Waals surface area contributed by atoms with E-state index in [4.69, 9.17) is 11.6 Å². The summed E-state index contributed by atoms with van der Waals surface area (Å²) in [6.45, 7) is 2.29. The van der Waals surface area contributed by atoms with Crippen molar-refractivity contribution >= 4 is 17.5 Å². The summed E-state index contributed by atoms with van der Waals surface area (Å²) in [7, 11) is 0. The largest absolute Gasteiger partial charge is 0.348 e. The SMILES string of the molecule is O=C(NC1CCN2CCCC12)c1ccc(Cl)nc1. The zero-order valence-corrected chi connectivity index (χ0v) is 10.9. The Balaban J connectivity index is 1.66. The van der Waals surface area contributed by atoms with Crippen LogP contribution in [0.1, 0.15) is 29.6 Å². The Morgan fingerprint density at radius 1 is 1.39 bits per heavy atom. The zero-order chi connectivity index (χ0) is 12.5. The Labute approximate surface area is 111 Å². The summed E-state index contributed by atoms with van der Waals surface area (Å²) >= 11 is 5.71. The molecule has 0 spiro atoms. The highest BCUT2D eigenvalue weighted by molar-refractivity contribution is 6.29. The van der Waals surface area contributed by atoms with Crippen LogP contribution in [0, 0.1) is 0 Å². The molecule has 2 aliphatic rings. The summed E-state index contributed by atoms with van der Waals surface area (Å²) in [5.74, 6) is -0.0436. The van der Waals surface area contributed by atoms with E-state index in [2.05, 4.69) is 15.2 Å². The summed E-state index contributed by atoms with van der Waals surface area (Å²) in [5, 5.41) is 3.53. The second kappa shape index (κ2) is 4.86. The normalized spacial score (nSPS) is 27.2. The number of rotatable bonds is 2. The lowest BCUT2D eigenvalue weighted by Crippen LogP contribution is -2.42. The van der Waals surface area contributed by atoms with Crippen molar-refractivity contribution in [2.75, 3.05) is 13.1 Å². The summed E-state index contributed by atoms with van der Waals surface area (Å²) in [4.78, 5) is 18.5.